The molecule has 1 aromatic carbocycles. The van der Waals surface area contributed by atoms with Gasteiger partial charge in [0.25, 0.3) is 17.4 Å². The van der Waals surface area contributed by atoms with Crippen LogP contribution in [0.1, 0.15) is 91.7 Å². The highest BCUT2D eigenvalue weighted by Gasteiger charge is 2.28. The molecular formula is C35H43N5O6. The van der Waals surface area contributed by atoms with Gasteiger partial charge in [0, 0.05) is 73.8 Å². The maximum atomic E-state index is 13.6. The molecule has 0 N–H and O–H groups in total. The molecule has 1 unspecified atom stereocenters. The number of aryl methyl sites for hydroxylation is 2. The number of ether oxygens (including phenoxy) is 1. The predicted molar refractivity (Wildman–Crippen MR) is 171 cm³/mol. The second-order valence-corrected chi connectivity index (χ2v) is 12.8. The molecule has 11 nitrogen and oxygen atoms in total. The first-order chi connectivity index (χ1) is 22.3. The van der Waals surface area contributed by atoms with Crippen LogP contribution < -0.4 is 5.56 Å². The van der Waals surface area contributed by atoms with E-state index in [4.69, 9.17) is 14.2 Å². The molecule has 2 amide bonds. The van der Waals surface area contributed by atoms with Crippen LogP contribution in [0.15, 0.2) is 39.7 Å². The summed E-state index contributed by atoms with van der Waals surface area (Å²) in [5, 5.41) is 5.53. The Morgan fingerprint density at radius 2 is 1.76 bits per heavy atom. The number of fused-ring (bicyclic) bond motifs is 2. The van der Waals surface area contributed by atoms with Crippen molar-refractivity contribution >= 4 is 28.6 Å². The number of amides is 2. The van der Waals surface area contributed by atoms with E-state index in [0.717, 1.165) is 78.1 Å². The van der Waals surface area contributed by atoms with Crippen molar-refractivity contribution in [2.45, 2.75) is 90.2 Å². The van der Waals surface area contributed by atoms with Gasteiger partial charge in [-0.1, -0.05) is 11.2 Å². The Kier molecular flexibility index (Phi) is 9.89. The highest BCUT2D eigenvalue weighted by Crippen LogP contribution is 2.33. The van der Waals surface area contributed by atoms with Crippen LogP contribution in [0.25, 0.3) is 11.0 Å². The van der Waals surface area contributed by atoms with Crippen molar-refractivity contribution in [2.75, 3.05) is 32.8 Å². The monoisotopic (exact) mass is 629 g/mol. The number of likely N-dealkylation sites (tertiary alicyclic amines) is 1. The number of hydrogen-bond acceptors (Lipinski definition) is 9. The zero-order chi connectivity index (χ0) is 32.2. The number of aromatic nitrogens is 3. The van der Waals surface area contributed by atoms with Crippen molar-refractivity contribution < 1.29 is 23.6 Å². The van der Waals surface area contributed by atoms with Crippen LogP contribution in [0.5, 0.6) is 0 Å². The Morgan fingerprint density at radius 3 is 2.54 bits per heavy atom. The van der Waals surface area contributed by atoms with Gasteiger partial charge in [0.15, 0.2) is 5.58 Å². The average molecular weight is 630 g/mol. The molecule has 1 saturated heterocycles. The van der Waals surface area contributed by atoms with E-state index in [-0.39, 0.29) is 42.2 Å². The van der Waals surface area contributed by atoms with Crippen LogP contribution in [0.2, 0.25) is 0 Å². The summed E-state index contributed by atoms with van der Waals surface area (Å²) in [5.74, 6) is 0.385. The van der Waals surface area contributed by atoms with Crippen LogP contribution in [-0.4, -0.2) is 74.9 Å². The van der Waals surface area contributed by atoms with E-state index in [1.54, 1.807) is 4.57 Å². The van der Waals surface area contributed by atoms with E-state index in [9.17, 15) is 19.2 Å². The van der Waals surface area contributed by atoms with Crippen molar-refractivity contribution in [3.8, 4) is 0 Å². The van der Waals surface area contributed by atoms with Gasteiger partial charge in [-0.15, -0.1) is 0 Å². The van der Waals surface area contributed by atoms with Crippen LogP contribution >= 0.6 is 0 Å². The van der Waals surface area contributed by atoms with Gasteiger partial charge in [0.1, 0.15) is 17.7 Å². The quantitative estimate of drug-likeness (QED) is 0.201. The fraction of sp³-hybridized carbons (Fsp3) is 0.543. The zero-order valence-corrected chi connectivity index (χ0v) is 26.8. The summed E-state index contributed by atoms with van der Waals surface area (Å²) >= 11 is 0. The number of rotatable bonds is 13. The van der Waals surface area contributed by atoms with E-state index >= 15 is 0 Å². The summed E-state index contributed by atoms with van der Waals surface area (Å²) in [4.78, 5) is 57.5. The second-order valence-electron chi connectivity index (χ2n) is 12.8. The van der Waals surface area contributed by atoms with Crippen LogP contribution in [0.4, 0.5) is 0 Å². The smallest absolute Gasteiger partial charge is 0.257 e. The fourth-order valence-electron chi connectivity index (χ4n) is 6.91. The minimum atomic E-state index is -0.363. The zero-order valence-electron chi connectivity index (χ0n) is 26.8. The summed E-state index contributed by atoms with van der Waals surface area (Å²) < 4.78 is 13.6. The number of hydrogen-bond donors (Lipinski definition) is 0. The molecule has 46 heavy (non-hydrogen) atoms. The van der Waals surface area contributed by atoms with E-state index < -0.39 is 0 Å². The number of imide groups is 1. The molecule has 0 radical (unpaired) electrons. The van der Waals surface area contributed by atoms with E-state index in [1.165, 1.54) is 17.7 Å². The van der Waals surface area contributed by atoms with Crippen LogP contribution in [-0.2, 0) is 32.1 Å². The van der Waals surface area contributed by atoms with Crippen molar-refractivity contribution in [3.05, 3.63) is 69.0 Å². The molecule has 244 valence electrons. The first kappa shape index (κ1) is 32.0. The Morgan fingerprint density at radius 1 is 0.978 bits per heavy atom. The molecule has 11 heteroatoms. The van der Waals surface area contributed by atoms with E-state index in [2.05, 4.69) is 29.1 Å². The van der Waals surface area contributed by atoms with Crippen LogP contribution in [0.3, 0.4) is 0 Å². The number of carbonyl (C=O) groups excluding carboxylic acids is 3. The number of unbranched alkanes of at least 4 members (excludes halogenated alkanes) is 1. The maximum Gasteiger partial charge on any atom is 0.257 e. The summed E-state index contributed by atoms with van der Waals surface area (Å²) in [6.07, 6.45) is 8.50. The van der Waals surface area contributed by atoms with Gasteiger partial charge in [-0.05, 0) is 89.6 Å². The van der Waals surface area contributed by atoms with Gasteiger partial charge in [-0.3, -0.25) is 28.6 Å². The SMILES string of the molecule is Cc1ccc2c(C3CCN(CCc4c(C)nc5n(c4=O)CCCC5OCCCCC(=O)CCN4C(=O)C=CC4=O)CC3)noc2c1. The van der Waals surface area contributed by atoms with Gasteiger partial charge >= 0.3 is 0 Å². The first-order valence-electron chi connectivity index (χ1n) is 16.6. The number of benzene rings is 1. The largest absolute Gasteiger partial charge is 0.370 e. The third-order valence-electron chi connectivity index (χ3n) is 9.63. The third kappa shape index (κ3) is 7.05. The molecular weight excluding hydrogens is 586 g/mol. The molecule has 0 aliphatic carbocycles. The van der Waals surface area contributed by atoms with Gasteiger partial charge < -0.3 is 14.2 Å². The number of carbonyl (C=O) groups is 3. The molecule has 2 aromatic heterocycles. The summed E-state index contributed by atoms with van der Waals surface area (Å²) in [7, 11) is 0. The summed E-state index contributed by atoms with van der Waals surface area (Å²) in [6.45, 7) is 7.97. The molecule has 1 fully saturated rings. The van der Waals surface area contributed by atoms with Gasteiger partial charge in [0.05, 0.1) is 5.69 Å². The minimum absolute atomic E-state index is 0.0231. The minimum Gasteiger partial charge on any atom is -0.370 e. The molecule has 1 atom stereocenters. The molecule has 6 rings (SSSR count). The highest BCUT2D eigenvalue weighted by molar-refractivity contribution is 6.13. The molecule has 0 bridgehead atoms. The Labute approximate surface area is 268 Å². The molecule has 5 heterocycles. The normalized spacial score (nSPS) is 19.0. The Bertz CT molecular complexity index is 1680. The van der Waals surface area contributed by atoms with E-state index in [0.29, 0.717) is 50.6 Å². The number of ketones is 1. The lowest BCUT2D eigenvalue weighted by Crippen LogP contribution is -2.38. The lowest BCUT2D eigenvalue weighted by molar-refractivity contribution is -0.137. The predicted octanol–water partition coefficient (Wildman–Crippen LogP) is 4.33. The summed E-state index contributed by atoms with van der Waals surface area (Å²) in [6, 6.07) is 6.27. The van der Waals surface area contributed by atoms with Crippen molar-refractivity contribution in [2.24, 2.45) is 0 Å². The van der Waals surface area contributed by atoms with Gasteiger partial charge in [-0.2, -0.15) is 0 Å². The third-order valence-corrected chi connectivity index (χ3v) is 9.63. The Balaban J connectivity index is 0.958. The lowest BCUT2D eigenvalue weighted by atomic mass is 9.91. The standard InChI is InChI=1S/C35H43N5O6/c1-23-8-9-28-30(22-23)46-37-33(28)25-12-17-38(18-13-25)19-15-27-24(2)36-34-29(7-5-16-40(34)35(27)44)45-21-4-3-6-26(41)14-20-39-31(42)10-11-32(39)43/h8-11,22,25,29H,3-7,12-21H2,1-2H3. The topological polar surface area (TPSA) is 128 Å². The van der Waals surface area contributed by atoms with Gasteiger partial charge in [0.2, 0.25) is 0 Å². The van der Waals surface area contributed by atoms with Crippen molar-refractivity contribution in [1.29, 1.82) is 0 Å². The van der Waals surface area contributed by atoms with Gasteiger partial charge in [-0.25, -0.2) is 4.98 Å². The molecule has 0 saturated carbocycles. The van der Waals surface area contributed by atoms with Crippen molar-refractivity contribution in [3.63, 3.8) is 0 Å². The molecule has 0 spiro atoms. The van der Waals surface area contributed by atoms with E-state index in [1.807, 2.05) is 13.0 Å². The number of piperidine rings is 1. The lowest BCUT2D eigenvalue weighted by Gasteiger charge is -2.31. The number of Topliss-reactive ketones (excluding diaryl/α,β-unsaturated/α-hetero) is 1. The fourth-order valence-corrected chi connectivity index (χ4v) is 6.91. The van der Waals surface area contributed by atoms with Crippen LogP contribution in [0, 0.1) is 13.8 Å². The maximum absolute atomic E-state index is 13.6. The average Bonchev–Trinajstić information content (AvgIpc) is 3.61. The Hall–Kier alpha value is -3.96. The second kappa shape index (κ2) is 14.2. The molecule has 3 aliphatic rings. The first-order valence-corrected chi connectivity index (χ1v) is 16.6. The summed E-state index contributed by atoms with van der Waals surface area (Å²) in [5.41, 5.74) is 4.70. The van der Waals surface area contributed by atoms with Crippen molar-refractivity contribution in [1.82, 2.24) is 24.5 Å². The number of nitrogens with zero attached hydrogens (tertiary/aromatic N) is 5. The molecule has 3 aliphatic heterocycles. The highest BCUT2D eigenvalue weighted by atomic mass is 16.5. The molecule has 3 aromatic rings.